The molecule has 0 amide bonds. The Hall–Kier alpha value is -2.15. The lowest BCUT2D eigenvalue weighted by molar-refractivity contribution is -0.159. The molecular formula is C20H23ClN2O4. The Morgan fingerprint density at radius 2 is 2.00 bits per heavy atom. The number of hydrogen-bond donors (Lipinski definition) is 0. The summed E-state index contributed by atoms with van der Waals surface area (Å²) in [6, 6.07) is 5.39. The molecule has 0 bridgehead atoms. The summed E-state index contributed by atoms with van der Waals surface area (Å²) < 4.78 is 22.6. The van der Waals surface area contributed by atoms with Crippen LogP contribution >= 0.6 is 11.6 Å². The van der Waals surface area contributed by atoms with Crippen molar-refractivity contribution in [1.82, 2.24) is 9.97 Å². The molecule has 144 valence electrons. The Bertz CT molecular complexity index is 819. The van der Waals surface area contributed by atoms with E-state index < -0.39 is 0 Å². The summed E-state index contributed by atoms with van der Waals surface area (Å²) in [7, 11) is 0. The van der Waals surface area contributed by atoms with Gasteiger partial charge in [-0.3, -0.25) is 0 Å². The molecule has 0 fully saturated rings. The van der Waals surface area contributed by atoms with E-state index in [1.165, 1.54) is 0 Å². The van der Waals surface area contributed by atoms with Crippen LogP contribution in [0.1, 0.15) is 20.3 Å². The van der Waals surface area contributed by atoms with Gasteiger partial charge in [0.05, 0.1) is 17.2 Å². The Morgan fingerprint density at radius 3 is 2.70 bits per heavy atom. The second-order valence-electron chi connectivity index (χ2n) is 5.85. The highest BCUT2D eigenvalue weighted by molar-refractivity contribution is 6.31. The minimum Gasteiger partial charge on any atom is -0.489 e. The average molecular weight is 391 g/mol. The molecule has 0 saturated heterocycles. The molecule has 1 atom stereocenters. The van der Waals surface area contributed by atoms with Crippen LogP contribution in [0.2, 0.25) is 5.02 Å². The quantitative estimate of drug-likeness (QED) is 0.595. The van der Waals surface area contributed by atoms with E-state index in [2.05, 4.69) is 9.97 Å². The van der Waals surface area contributed by atoms with Gasteiger partial charge in [-0.15, -0.1) is 0 Å². The van der Waals surface area contributed by atoms with Crippen molar-refractivity contribution in [3.8, 4) is 5.88 Å². The molecule has 7 heteroatoms. The minimum absolute atomic E-state index is 0.119. The van der Waals surface area contributed by atoms with Crippen molar-refractivity contribution in [2.45, 2.75) is 32.7 Å². The summed E-state index contributed by atoms with van der Waals surface area (Å²) >= 11 is 5.97. The molecule has 27 heavy (non-hydrogen) atoms. The number of aromatic nitrogens is 2. The molecule has 0 radical (unpaired) electrons. The topological polar surface area (TPSA) is 62.7 Å². The number of ether oxygens (including phenoxy) is 4. The maximum Gasteiger partial charge on any atom is 0.233 e. The first-order chi connectivity index (χ1) is 13.2. The standard InChI is InChI=1S/C20H23ClN2O4/c1-3-24-20(25-4-2)13-26-15-6-8-16(9-7-15)27-19-12-22-18-11-14(21)5-10-17(18)23-19/h5-8,10-12,16,20H,3-4,9,13H2,1-2H3. The Kier molecular flexibility index (Phi) is 7.04. The minimum atomic E-state index is -0.357. The number of halogens is 1. The fourth-order valence-corrected chi connectivity index (χ4v) is 2.80. The third kappa shape index (κ3) is 5.66. The van der Waals surface area contributed by atoms with Gasteiger partial charge in [0.1, 0.15) is 18.5 Å². The summed E-state index contributed by atoms with van der Waals surface area (Å²) in [5.41, 5.74) is 1.48. The van der Waals surface area contributed by atoms with E-state index in [0.29, 0.717) is 37.1 Å². The zero-order chi connectivity index (χ0) is 19.1. The van der Waals surface area contributed by atoms with Crippen LogP contribution in [0, 0.1) is 0 Å². The van der Waals surface area contributed by atoms with Crippen molar-refractivity contribution >= 4 is 22.6 Å². The number of allylic oxidation sites excluding steroid dienone is 1. The smallest absolute Gasteiger partial charge is 0.233 e. The lowest BCUT2D eigenvalue weighted by atomic mass is 10.1. The lowest BCUT2D eigenvalue weighted by Gasteiger charge is -2.20. The fourth-order valence-electron chi connectivity index (χ4n) is 2.63. The Balaban J connectivity index is 1.53. The second-order valence-corrected chi connectivity index (χ2v) is 6.29. The first kappa shape index (κ1) is 19.6. The van der Waals surface area contributed by atoms with E-state index in [-0.39, 0.29) is 12.4 Å². The molecule has 2 aromatic rings. The molecular weight excluding hydrogens is 368 g/mol. The average Bonchev–Trinajstić information content (AvgIpc) is 2.68. The molecule has 0 N–H and O–H groups in total. The van der Waals surface area contributed by atoms with Crippen LogP contribution < -0.4 is 4.74 Å². The molecule has 0 saturated carbocycles. The van der Waals surface area contributed by atoms with Gasteiger partial charge in [0, 0.05) is 24.7 Å². The van der Waals surface area contributed by atoms with Crippen LogP contribution in [0.5, 0.6) is 5.88 Å². The maximum absolute atomic E-state index is 5.97. The normalized spacial score (nSPS) is 16.6. The summed E-state index contributed by atoms with van der Waals surface area (Å²) in [6.07, 6.45) is 7.62. The lowest BCUT2D eigenvalue weighted by Crippen LogP contribution is -2.24. The van der Waals surface area contributed by atoms with Gasteiger partial charge < -0.3 is 18.9 Å². The molecule has 6 nitrogen and oxygen atoms in total. The van der Waals surface area contributed by atoms with Crippen LogP contribution in [0.3, 0.4) is 0 Å². The number of benzene rings is 1. The highest BCUT2D eigenvalue weighted by atomic mass is 35.5. The van der Waals surface area contributed by atoms with Crippen molar-refractivity contribution in [2.75, 3.05) is 19.8 Å². The Morgan fingerprint density at radius 1 is 1.19 bits per heavy atom. The van der Waals surface area contributed by atoms with Crippen LogP contribution in [0.4, 0.5) is 0 Å². The van der Waals surface area contributed by atoms with Crippen LogP contribution in [0.15, 0.2) is 48.4 Å². The molecule has 1 heterocycles. The van der Waals surface area contributed by atoms with E-state index in [1.54, 1.807) is 18.3 Å². The number of fused-ring (bicyclic) bond motifs is 1. The fraction of sp³-hybridized carbons (Fsp3) is 0.400. The van der Waals surface area contributed by atoms with Crippen molar-refractivity contribution in [1.29, 1.82) is 0 Å². The van der Waals surface area contributed by atoms with Crippen molar-refractivity contribution in [2.24, 2.45) is 0 Å². The predicted molar refractivity (Wildman–Crippen MR) is 104 cm³/mol. The van der Waals surface area contributed by atoms with Gasteiger partial charge in [-0.1, -0.05) is 11.6 Å². The van der Waals surface area contributed by atoms with E-state index in [1.807, 2.05) is 38.1 Å². The van der Waals surface area contributed by atoms with Gasteiger partial charge in [0.2, 0.25) is 5.88 Å². The Labute approximate surface area is 163 Å². The highest BCUT2D eigenvalue weighted by Crippen LogP contribution is 2.21. The number of nitrogens with zero attached hydrogens (tertiary/aromatic N) is 2. The first-order valence-electron chi connectivity index (χ1n) is 9.01. The van der Waals surface area contributed by atoms with Gasteiger partial charge in [0.25, 0.3) is 0 Å². The third-order valence-corrected chi connectivity index (χ3v) is 4.11. The zero-order valence-electron chi connectivity index (χ0n) is 15.4. The second kappa shape index (κ2) is 9.69. The number of hydrogen-bond acceptors (Lipinski definition) is 6. The summed E-state index contributed by atoms with van der Waals surface area (Å²) in [6.45, 7) is 5.37. The molecule has 1 aliphatic rings. The molecule has 0 spiro atoms. The largest absolute Gasteiger partial charge is 0.489 e. The van der Waals surface area contributed by atoms with Gasteiger partial charge in [-0.2, -0.15) is 0 Å². The predicted octanol–water partition coefficient (Wildman–Crippen LogP) is 4.29. The van der Waals surface area contributed by atoms with E-state index in [9.17, 15) is 0 Å². The molecule has 1 aliphatic carbocycles. The summed E-state index contributed by atoms with van der Waals surface area (Å²) in [4.78, 5) is 8.81. The summed E-state index contributed by atoms with van der Waals surface area (Å²) in [5, 5.41) is 0.634. The summed E-state index contributed by atoms with van der Waals surface area (Å²) in [5.74, 6) is 1.25. The van der Waals surface area contributed by atoms with E-state index in [4.69, 9.17) is 30.5 Å². The third-order valence-electron chi connectivity index (χ3n) is 3.87. The van der Waals surface area contributed by atoms with Gasteiger partial charge >= 0.3 is 0 Å². The number of rotatable bonds is 9. The molecule has 1 aromatic carbocycles. The van der Waals surface area contributed by atoms with Crippen molar-refractivity contribution in [3.05, 3.63) is 53.4 Å². The van der Waals surface area contributed by atoms with E-state index >= 15 is 0 Å². The SMILES string of the molecule is CCOC(COC1=CCC(Oc2cnc3cc(Cl)ccc3n2)C=C1)OCC. The maximum atomic E-state index is 5.97. The van der Waals surface area contributed by atoms with Crippen molar-refractivity contribution in [3.63, 3.8) is 0 Å². The highest BCUT2D eigenvalue weighted by Gasteiger charge is 2.14. The molecule has 0 aliphatic heterocycles. The van der Waals surface area contributed by atoms with Crippen LogP contribution in [-0.4, -0.2) is 42.2 Å². The van der Waals surface area contributed by atoms with Gasteiger partial charge in [0.15, 0.2) is 6.29 Å². The monoisotopic (exact) mass is 390 g/mol. The van der Waals surface area contributed by atoms with Crippen molar-refractivity contribution < 1.29 is 18.9 Å². The molecule has 1 unspecified atom stereocenters. The zero-order valence-corrected chi connectivity index (χ0v) is 16.2. The van der Waals surface area contributed by atoms with Crippen LogP contribution in [-0.2, 0) is 14.2 Å². The van der Waals surface area contributed by atoms with Gasteiger partial charge in [-0.25, -0.2) is 9.97 Å². The molecule has 3 rings (SSSR count). The van der Waals surface area contributed by atoms with Gasteiger partial charge in [-0.05, 0) is 50.3 Å². The molecule has 1 aromatic heterocycles. The van der Waals surface area contributed by atoms with E-state index in [0.717, 1.165) is 16.8 Å². The van der Waals surface area contributed by atoms with Crippen LogP contribution in [0.25, 0.3) is 11.0 Å². The first-order valence-corrected chi connectivity index (χ1v) is 9.39.